The van der Waals surface area contributed by atoms with Crippen LogP contribution in [0, 0.1) is 13.8 Å². The molecule has 1 heterocycles. The van der Waals surface area contributed by atoms with Gasteiger partial charge in [-0.05, 0) is 49.9 Å². The molecule has 0 aliphatic heterocycles. The van der Waals surface area contributed by atoms with Gasteiger partial charge in [0.1, 0.15) is 5.75 Å². The Morgan fingerprint density at radius 3 is 2.46 bits per heavy atom. The van der Waals surface area contributed by atoms with E-state index in [0.29, 0.717) is 35.5 Å². The summed E-state index contributed by atoms with van der Waals surface area (Å²) in [6, 6.07) is 11.0. The molecule has 5 nitrogen and oxygen atoms in total. The number of hydrogen-bond donors (Lipinski definition) is 0. The largest absolute Gasteiger partial charge is 0.493 e. The lowest BCUT2D eigenvalue weighted by atomic mass is 10.1. The number of benzene rings is 2. The second-order valence-electron chi connectivity index (χ2n) is 6.22. The van der Waals surface area contributed by atoms with E-state index in [1.54, 1.807) is 18.2 Å². The van der Waals surface area contributed by atoms with Gasteiger partial charge in [-0.15, -0.1) is 0 Å². The van der Waals surface area contributed by atoms with Gasteiger partial charge >= 0.3 is 11.4 Å². The number of nitrogens with zero attached hydrogens (tertiary/aromatic N) is 1. The number of fused-ring (bicyclic) bond motifs is 1. The van der Waals surface area contributed by atoms with Gasteiger partial charge in [0.15, 0.2) is 0 Å². The number of rotatable bonds is 6. The van der Waals surface area contributed by atoms with Crippen molar-refractivity contribution in [1.82, 2.24) is 4.57 Å². The monoisotopic (exact) mass is 373 g/mol. The number of unbranched alkanes of at least 4 members (excludes halogenated alkanes) is 1. The van der Waals surface area contributed by atoms with E-state index in [-0.39, 0.29) is 0 Å². The Hall–Kier alpha value is -2.53. The Morgan fingerprint density at radius 2 is 1.73 bits per heavy atom. The quantitative estimate of drug-likeness (QED) is 0.611. The maximum absolute atomic E-state index is 12.1. The number of para-hydroxylation sites is 2. The number of aryl methyl sites for hydroxylation is 3. The highest BCUT2D eigenvalue weighted by molar-refractivity contribution is 6.35. The van der Waals surface area contributed by atoms with Crippen molar-refractivity contribution in [2.75, 3.05) is 6.61 Å². The Balaban J connectivity index is 1.69. The van der Waals surface area contributed by atoms with Gasteiger partial charge in [0, 0.05) is 6.54 Å². The molecule has 0 saturated heterocycles. The molecule has 6 heteroatoms. The minimum atomic E-state index is -0.689. The fourth-order valence-corrected chi connectivity index (χ4v) is 3.29. The fourth-order valence-electron chi connectivity index (χ4n) is 3.01. The van der Waals surface area contributed by atoms with Crippen LogP contribution in [0.15, 0.2) is 50.4 Å². The van der Waals surface area contributed by atoms with E-state index in [4.69, 9.17) is 20.8 Å². The zero-order valence-corrected chi connectivity index (χ0v) is 15.5. The molecule has 26 heavy (non-hydrogen) atoms. The molecule has 0 saturated carbocycles. The van der Waals surface area contributed by atoms with Crippen molar-refractivity contribution in [3.05, 3.63) is 73.5 Å². The lowest BCUT2D eigenvalue weighted by molar-refractivity contribution is 0.297. The third-order valence-electron chi connectivity index (χ3n) is 4.31. The van der Waals surface area contributed by atoms with Gasteiger partial charge in [-0.2, -0.15) is 0 Å². The van der Waals surface area contributed by atoms with Crippen molar-refractivity contribution in [3.8, 4) is 5.75 Å². The average molecular weight is 374 g/mol. The first-order valence-electron chi connectivity index (χ1n) is 8.50. The molecule has 0 amide bonds. The molecule has 0 atom stereocenters. The number of halogens is 1. The molecule has 0 unspecified atom stereocenters. The molecule has 1 aromatic heterocycles. The van der Waals surface area contributed by atoms with Crippen LogP contribution in [0.3, 0.4) is 0 Å². The Bertz CT molecular complexity index is 1030. The summed E-state index contributed by atoms with van der Waals surface area (Å²) >= 11 is 6.20. The van der Waals surface area contributed by atoms with Gasteiger partial charge in [0.05, 0.1) is 22.5 Å². The highest BCUT2D eigenvalue weighted by Crippen LogP contribution is 2.23. The zero-order chi connectivity index (χ0) is 18.7. The van der Waals surface area contributed by atoms with Crippen LogP contribution in [0.2, 0.25) is 5.02 Å². The second-order valence-corrected chi connectivity index (χ2v) is 6.63. The Kier molecular flexibility index (Phi) is 5.47. The van der Waals surface area contributed by atoms with Gasteiger partial charge in [-0.1, -0.05) is 35.9 Å². The van der Waals surface area contributed by atoms with Crippen molar-refractivity contribution in [2.45, 2.75) is 33.2 Å². The molecule has 2 aromatic carbocycles. The average Bonchev–Trinajstić information content (AvgIpc) is 2.59. The first-order chi connectivity index (χ1) is 12.5. The summed E-state index contributed by atoms with van der Waals surface area (Å²) in [4.78, 5) is 23.9. The summed E-state index contributed by atoms with van der Waals surface area (Å²) in [5, 5.41) is 0.670. The van der Waals surface area contributed by atoms with Crippen LogP contribution in [0.25, 0.3) is 10.9 Å². The lowest BCUT2D eigenvalue weighted by Crippen LogP contribution is -2.25. The molecule has 0 radical (unpaired) electrons. The summed E-state index contributed by atoms with van der Waals surface area (Å²) in [6.07, 6.45) is 1.45. The van der Waals surface area contributed by atoms with Crippen molar-refractivity contribution < 1.29 is 9.15 Å². The normalized spacial score (nSPS) is 11.0. The summed E-state index contributed by atoms with van der Waals surface area (Å²) in [7, 11) is 0. The SMILES string of the molecule is Cc1cccc(C)c1OCCCCn1c(=O)oc(=O)c2cccc(Cl)c21. The summed E-state index contributed by atoms with van der Waals surface area (Å²) in [6.45, 7) is 4.98. The van der Waals surface area contributed by atoms with Gasteiger partial charge in [0.25, 0.3) is 0 Å². The van der Waals surface area contributed by atoms with Gasteiger partial charge in [-0.25, -0.2) is 9.59 Å². The molecule has 136 valence electrons. The van der Waals surface area contributed by atoms with E-state index >= 15 is 0 Å². The van der Waals surface area contributed by atoms with Crippen LogP contribution in [-0.4, -0.2) is 11.2 Å². The summed E-state index contributed by atoms with van der Waals surface area (Å²) < 4.78 is 12.1. The highest BCUT2D eigenvalue weighted by Gasteiger charge is 2.12. The third-order valence-corrected chi connectivity index (χ3v) is 4.61. The molecule has 3 aromatic rings. The van der Waals surface area contributed by atoms with Crippen LogP contribution < -0.4 is 16.1 Å². The van der Waals surface area contributed by atoms with Crippen LogP contribution >= 0.6 is 11.6 Å². The Labute approximate surface area is 155 Å². The molecule has 0 N–H and O–H groups in total. The Morgan fingerprint density at radius 1 is 1.04 bits per heavy atom. The topological polar surface area (TPSA) is 61.4 Å². The van der Waals surface area contributed by atoms with Crippen molar-refractivity contribution >= 4 is 22.5 Å². The number of aromatic nitrogens is 1. The van der Waals surface area contributed by atoms with Crippen molar-refractivity contribution in [1.29, 1.82) is 0 Å². The van der Waals surface area contributed by atoms with Crippen LogP contribution in [0.5, 0.6) is 5.75 Å². The van der Waals surface area contributed by atoms with Crippen LogP contribution in [0.4, 0.5) is 0 Å². The van der Waals surface area contributed by atoms with E-state index in [1.165, 1.54) is 4.57 Å². The van der Waals surface area contributed by atoms with Crippen molar-refractivity contribution in [3.63, 3.8) is 0 Å². The second kappa shape index (κ2) is 7.79. The fraction of sp³-hybridized carbons (Fsp3) is 0.300. The molecule has 0 spiro atoms. The van der Waals surface area contributed by atoms with Gasteiger partial charge < -0.3 is 9.15 Å². The maximum Gasteiger partial charge on any atom is 0.422 e. The molecule has 0 bridgehead atoms. The predicted octanol–water partition coefficient (Wildman–Crippen LogP) is 4.08. The molecule has 0 aliphatic rings. The zero-order valence-electron chi connectivity index (χ0n) is 14.8. The van der Waals surface area contributed by atoms with E-state index in [0.717, 1.165) is 23.3 Å². The van der Waals surface area contributed by atoms with Gasteiger partial charge in [-0.3, -0.25) is 4.57 Å². The summed E-state index contributed by atoms with van der Waals surface area (Å²) in [5.74, 6) is 0.218. The standard InChI is InChI=1S/C20H20ClNO4/c1-13-7-5-8-14(2)18(13)25-12-4-3-11-22-17-15(9-6-10-16(17)21)19(23)26-20(22)24/h5-10H,3-4,11-12H2,1-2H3. The smallest absolute Gasteiger partial charge is 0.422 e. The lowest BCUT2D eigenvalue weighted by Gasteiger charge is -2.12. The summed E-state index contributed by atoms with van der Waals surface area (Å²) in [5.41, 5.74) is 1.96. The van der Waals surface area contributed by atoms with Crippen LogP contribution in [-0.2, 0) is 6.54 Å². The van der Waals surface area contributed by atoms with Crippen LogP contribution in [0.1, 0.15) is 24.0 Å². The minimum Gasteiger partial charge on any atom is -0.493 e. The predicted molar refractivity (Wildman–Crippen MR) is 102 cm³/mol. The maximum atomic E-state index is 12.1. The first-order valence-corrected chi connectivity index (χ1v) is 8.88. The molecule has 3 rings (SSSR count). The van der Waals surface area contributed by atoms with E-state index in [9.17, 15) is 9.59 Å². The molecular weight excluding hydrogens is 354 g/mol. The highest BCUT2D eigenvalue weighted by atomic mass is 35.5. The van der Waals surface area contributed by atoms with E-state index < -0.39 is 11.4 Å². The molecular formula is C20H20ClNO4. The van der Waals surface area contributed by atoms with Crippen molar-refractivity contribution in [2.24, 2.45) is 0 Å². The molecule has 0 aliphatic carbocycles. The third kappa shape index (κ3) is 3.68. The van der Waals surface area contributed by atoms with Gasteiger partial charge in [0.2, 0.25) is 0 Å². The van der Waals surface area contributed by atoms with E-state index in [1.807, 2.05) is 32.0 Å². The number of ether oxygens (including phenoxy) is 1. The number of hydrogen-bond acceptors (Lipinski definition) is 4. The molecule has 0 fully saturated rings. The minimum absolute atomic E-state index is 0.309. The van der Waals surface area contributed by atoms with E-state index in [2.05, 4.69) is 0 Å². The first kappa shape index (κ1) is 18.3.